The Bertz CT molecular complexity index is 427. The molecule has 0 spiro atoms. The monoisotopic (exact) mass is 274 g/mol. The molecule has 4 rings (SSSR count). The Morgan fingerprint density at radius 3 is 2.60 bits per heavy atom. The lowest BCUT2D eigenvalue weighted by Gasteiger charge is -2.59. The average molecular weight is 274 g/mol. The summed E-state index contributed by atoms with van der Waals surface area (Å²) < 4.78 is 0. The molecule has 4 fully saturated rings. The summed E-state index contributed by atoms with van der Waals surface area (Å²) in [5, 5.41) is 0. The first-order valence-corrected chi connectivity index (χ1v) is 9.09. The molecule has 4 aliphatic rings. The minimum absolute atomic E-state index is 0.0685. The van der Waals surface area contributed by atoms with E-state index in [2.05, 4.69) is 13.8 Å². The van der Waals surface area contributed by atoms with Crippen LogP contribution >= 0.6 is 0 Å². The van der Waals surface area contributed by atoms with Crippen molar-refractivity contribution in [2.24, 2.45) is 34.5 Å². The molecule has 0 heterocycles. The van der Waals surface area contributed by atoms with Crippen molar-refractivity contribution in [1.82, 2.24) is 0 Å². The molecule has 0 aliphatic heterocycles. The van der Waals surface area contributed by atoms with Gasteiger partial charge in [0.2, 0.25) is 0 Å². The SMILES string of the molecule is C[C@]12CCCC[C@H]1CC[C@H]1[C@H]2CC[C@]2(C)C(=O)CC[C@@H]12. The van der Waals surface area contributed by atoms with Crippen molar-refractivity contribution in [3.05, 3.63) is 0 Å². The molecule has 0 N–H and O–H groups in total. The van der Waals surface area contributed by atoms with E-state index in [9.17, 15) is 4.79 Å². The van der Waals surface area contributed by atoms with Crippen LogP contribution in [-0.4, -0.2) is 5.78 Å². The van der Waals surface area contributed by atoms with E-state index in [1.54, 1.807) is 0 Å². The minimum Gasteiger partial charge on any atom is -0.299 e. The summed E-state index contributed by atoms with van der Waals surface area (Å²) in [7, 11) is 0. The molecule has 20 heavy (non-hydrogen) atoms. The molecule has 112 valence electrons. The maximum atomic E-state index is 12.4. The maximum Gasteiger partial charge on any atom is 0.139 e. The molecular weight excluding hydrogens is 244 g/mol. The van der Waals surface area contributed by atoms with Gasteiger partial charge in [0.1, 0.15) is 5.78 Å². The van der Waals surface area contributed by atoms with Gasteiger partial charge in [-0.1, -0.05) is 26.7 Å². The molecular formula is C19H30O. The molecule has 0 saturated heterocycles. The van der Waals surface area contributed by atoms with Crippen LogP contribution in [0.1, 0.15) is 78.1 Å². The zero-order chi connectivity index (χ0) is 14.0. The number of fused-ring (bicyclic) bond motifs is 5. The van der Waals surface area contributed by atoms with E-state index in [1.807, 2.05) is 0 Å². The summed E-state index contributed by atoms with van der Waals surface area (Å²) in [6, 6.07) is 0. The van der Waals surface area contributed by atoms with Crippen molar-refractivity contribution in [2.45, 2.75) is 78.1 Å². The molecule has 0 aromatic carbocycles. The van der Waals surface area contributed by atoms with Gasteiger partial charge in [-0.3, -0.25) is 4.79 Å². The average Bonchev–Trinajstić information content (AvgIpc) is 2.74. The molecule has 0 aromatic rings. The highest BCUT2D eigenvalue weighted by Crippen LogP contribution is 2.65. The fourth-order valence-corrected chi connectivity index (χ4v) is 7.07. The lowest BCUT2D eigenvalue weighted by molar-refractivity contribution is -0.138. The number of Topliss-reactive ketones (excluding diaryl/α,β-unsaturated/α-hetero) is 1. The highest BCUT2D eigenvalue weighted by atomic mass is 16.1. The van der Waals surface area contributed by atoms with Gasteiger partial charge in [-0.15, -0.1) is 0 Å². The molecule has 0 amide bonds. The van der Waals surface area contributed by atoms with Crippen LogP contribution in [0.3, 0.4) is 0 Å². The highest BCUT2D eigenvalue weighted by molar-refractivity contribution is 5.87. The Balaban J connectivity index is 1.66. The fraction of sp³-hybridized carbons (Fsp3) is 0.947. The third-order valence-electron chi connectivity index (χ3n) is 8.29. The third-order valence-corrected chi connectivity index (χ3v) is 8.29. The second-order valence-electron chi connectivity index (χ2n) is 8.82. The fourth-order valence-electron chi connectivity index (χ4n) is 7.07. The smallest absolute Gasteiger partial charge is 0.139 e. The molecule has 0 aromatic heterocycles. The first-order chi connectivity index (χ1) is 9.56. The van der Waals surface area contributed by atoms with Gasteiger partial charge in [-0.2, -0.15) is 0 Å². The Hall–Kier alpha value is -0.330. The van der Waals surface area contributed by atoms with E-state index in [0.29, 0.717) is 11.2 Å². The quantitative estimate of drug-likeness (QED) is 0.608. The third kappa shape index (κ3) is 1.58. The standard InChI is InChI=1S/C19H30O/c1-18-11-4-3-5-13(18)6-7-14-15-8-9-17(20)19(15,2)12-10-16(14)18/h13-16H,3-12H2,1-2H3/t13-,14+,15-,16+,18-,19-/m0/s1. The Kier molecular flexibility index (Phi) is 2.89. The van der Waals surface area contributed by atoms with Gasteiger partial charge in [0.25, 0.3) is 0 Å². The van der Waals surface area contributed by atoms with Crippen molar-refractivity contribution < 1.29 is 4.79 Å². The second-order valence-corrected chi connectivity index (χ2v) is 8.82. The van der Waals surface area contributed by atoms with Gasteiger partial charge in [-0.05, 0) is 74.0 Å². The van der Waals surface area contributed by atoms with Gasteiger partial charge in [-0.25, -0.2) is 0 Å². The second kappa shape index (κ2) is 4.34. The van der Waals surface area contributed by atoms with Gasteiger partial charge in [0.15, 0.2) is 0 Å². The zero-order valence-corrected chi connectivity index (χ0v) is 13.3. The minimum atomic E-state index is 0.0685. The summed E-state index contributed by atoms with van der Waals surface area (Å²) in [6.07, 6.45) is 13.4. The van der Waals surface area contributed by atoms with Crippen molar-refractivity contribution in [3.8, 4) is 0 Å². The molecule has 0 bridgehead atoms. The van der Waals surface area contributed by atoms with Crippen LogP contribution in [0.4, 0.5) is 0 Å². The van der Waals surface area contributed by atoms with Crippen LogP contribution in [0, 0.1) is 34.5 Å². The topological polar surface area (TPSA) is 17.1 Å². The zero-order valence-electron chi connectivity index (χ0n) is 13.3. The number of ketones is 1. The lowest BCUT2D eigenvalue weighted by Crippen LogP contribution is -2.52. The van der Waals surface area contributed by atoms with E-state index in [1.165, 1.54) is 57.8 Å². The predicted molar refractivity (Wildman–Crippen MR) is 81.4 cm³/mol. The van der Waals surface area contributed by atoms with Gasteiger partial charge < -0.3 is 0 Å². The predicted octanol–water partition coefficient (Wildman–Crippen LogP) is 4.99. The molecule has 0 unspecified atom stereocenters. The Morgan fingerprint density at radius 2 is 1.75 bits per heavy atom. The Morgan fingerprint density at radius 1 is 0.900 bits per heavy atom. The summed E-state index contributed by atoms with van der Waals surface area (Å²) in [5.41, 5.74) is 0.688. The Labute approximate surface area is 123 Å². The first kappa shape index (κ1) is 13.3. The summed E-state index contributed by atoms with van der Waals surface area (Å²) in [5.74, 6) is 4.13. The maximum absolute atomic E-state index is 12.4. The van der Waals surface area contributed by atoms with Crippen LogP contribution in [0.15, 0.2) is 0 Å². The summed E-state index contributed by atoms with van der Waals surface area (Å²) >= 11 is 0. The van der Waals surface area contributed by atoms with E-state index in [4.69, 9.17) is 0 Å². The van der Waals surface area contributed by atoms with E-state index in [0.717, 1.165) is 30.1 Å². The van der Waals surface area contributed by atoms with E-state index < -0.39 is 0 Å². The van der Waals surface area contributed by atoms with Crippen LogP contribution in [0.5, 0.6) is 0 Å². The molecule has 1 heteroatoms. The van der Waals surface area contributed by atoms with Crippen LogP contribution in [0.2, 0.25) is 0 Å². The number of hydrogen-bond donors (Lipinski definition) is 0. The largest absolute Gasteiger partial charge is 0.299 e. The van der Waals surface area contributed by atoms with E-state index >= 15 is 0 Å². The summed E-state index contributed by atoms with van der Waals surface area (Å²) in [4.78, 5) is 12.4. The van der Waals surface area contributed by atoms with Gasteiger partial charge >= 0.3 is 0 Å². The lowest BCUT2D eigenvalue weighted by atomic mass is 9.45. The van der Waals surface area contributed by atoms with Crippen LogP contribution in [-0.2, 0) is 4.79 Å². The van der Waals surface area contributed by atoms with Gasteiger partial charge in [0.05, 0.1) is 0 Å². The van der Waals surface area contributed by atoms with E-state index in [-0.39, 0.29) is 5.41 Å². The molecule has 4 saturated carbocycles. The van der Waals surface area contributed by atoms with Gasteiger partial charge in [0, 0.05) is 11.8 Å². The highest BCUT2D eigenvalue weighted by Gasteiger charge is 2.59. The number of rotatable bonds is 0. The van der Waals surface area contributed by atoms with Crippen molar-refractivity contribution in [1.29, 1.82) is 0 Å². The number of carbonyl (C=O) groups excluding carboxylic acids is 1. The molecule has 4 aliphatic carbocycles. The van der Waals surface area contributed by atoms with Crippen LogP contribution in [0.25, 0.3) is 0 Å². The van der Waals surface area contributed by atoms with Crippen molar-refractivity contribution in [2.75, 3.05) is 0 Å². The van der Waals surface area contributed by atoms with Crippen molar-refractivity contribution >= 4 is 5.78 Å². The molecule has 1 nitrogen and oxygen atoms in total. The molecule has 0 radical (unpaired) electrons. The summed E-state index contributed by atoms with van der Waals surface area (Å²) in [6.45, 7) is 4.92. The normalized spacial score (nSPS) is 55.0. The molecule has 6 atom stereocenters. The number of hydrogen-bond acceptors (Lipinski definition) is 1. The first-order valence-electron chi connectivity index (χ1n) is 9.09. The van der Waals surface area contributed by atoms with Crippen molar-refractivity contribution in [3.63, 3.8) is 0 Å². The van der Waals surface area contributed by atoms with Crippen LogP contribution < -0.4 is 0 Å². The number of carbonyl (C=O) groups is 1.